The van der Waals surface area contributed by atoms with E-state index in [9.17, 15) is 9.18 Å². The van der Waals surface area contributed by atoms with Crippen molar-refractivity contribution in [2.45, 2.75) is 97.7 Å². The third-order valence-electron chi connectivity index (χ3n) is 3.64. The summed E-state index contributed by atoms with van der Waals surface area (Å²) in [4.78, 5) is 11.6. The second-order valence-electron chi connectivity index (χ2n) is 7.25. The average Bonchev–Trinajstić information content (AvgIpc) is 2.50. The molecule has 0 bridgehead atoms. The van der Waals surface area contributed by atoms with Gasteiger partial charge in [0.2, 0.25) is 14.1 Å². The highest BCUT2D eigenvalue weighted by Gasteiger charge is 2.24. The molecule has 0 N–H and O–H groups in total. The van der Waals surface area contributed by atoms with Crippen LogP contribution < -0.4 is 0 Å². The molecule has 0 amide bonds. The second kappa shape index (κ2) is 13.4. The number of rotatable bonds is 14. The number of allylic oxidation sites excluding steroid dienone is 1. The molecular formula is C19H37FO3Si. The minimum absolute atomic E-state index is 0.171. The monoisotopic (exact) mass is 360 g/mol. The van der Waals surface area contributed by atoms with E-state index in [0.29, 0.717) is 6.42 Å². The molecule has 142 valence electrons. The summed E-state index contributed by atoms with van der Waals surface area (Å²) in [6.07, 6.45) is 11.3. The number of hydrogen-bond acceptors (Lipinski definition) is 3. The van der Waals surface area contributed by atoms with Crippen molar-refractivity contribution in [3.63, 3.8) is 0 Å². The zero-order valence-corrected chi connectivity index (χ0v) is 17.4. The molecule has 0 aliphatic heterocycles. The summed E-state index contributed by atoms with van der Waals surface area (Å²) in [5, 5.41) is 0. The van der Waals surface area contributed by atoms with E-state index in [4.69, 9.17) is 9.16 Å². The summed E-state index contributed by atoms with van der Waals surface area (Å²) < 4.78 is 24.8. The zero-order valence-electron chi connectivity index (χ0n) is 16.4. The van der Waals surface area contributed by atoms with E-state index >= 15 is 0 Å². The lowest BCUT2D eigenvalue weighted by Crippen LogP contribution is -2.26. The van der Waals surface area contributed by atoms with Gasteiger partial charge in [-0.3, -0.25) is 0 Å². The molecule has 24 heavy (non-hydrogen) atoms. The van der Waals surface area contributed by atoms with Gasteiger partial charge in [-0.25, -0.2) is 4.79 Å². The van der Waals surface area contributed by atoms with Gasteiger partial charge in [-0.1, -0.05) is 58.3 Å². The standard InChI is InChI=1S/C19H37FO3Si/c1-6-8-9-10-11-12-13-14-15-16-17(23-24(3,4)5)18(20)19(21)22-7-2/h6-16H2,1-5H3/b18-17+. The molecule has 0 radical (unpaired) electrons. The molecule has 0 atom stereocenters. The Bertz CT molecular complexity index is 375. The lowest BCUT2D eigenvalue weighted by Gasteiger charge is -2.22. The van der Waals surface area contributed by atoms with Crippen LogP contribution in [0.25, 0.3) is 0 Å². The Kier molecular flexibility index (Phi) is 13.0. The van der Waals surface area contributed by atoms with Crippen molar-refractivity contribution in [3.8, 4) is 0 Å². The van der Waals surface area contributed by atoms with Gasteiger partial charge in [-0.15, -0.1) is 0 Å². The normalized spacial score (nSPS) is 12.8. The van der Waals surface area contributed by atoms with Crippen LogP contribution in [0.15, 0.2) is 11.6 Å². The molecule has 0 aliphatic rings. The van der Waals surface area contributed by atoms with Crippen LogP contribution in [0.4, 0.5) is 4.39 Å². The molecule has 0 aromatic carbocycles. The predicted octanol–water partition coefficient (Wildman–Crippen LogP) is 6.50. The molecule has 3 nitrogen and oxygen atoms in total. The average molecular weight is 361 g/mol. The van der Waals surface area contributed by atoms with E-state index in [1.54, 1.807) is 6.92 Å². The van der Waals surface area contributed by atoms with Crippen molar-refractivity contribution < 1.29 is 18.3 Å². The molecule has 0 aromatic rings. The second-order valence-corrected chi connectivity index (χ2v) is 11.7. The van der Waals surface area contributed by atoms with Crippen molar-refractivity contribution in [1.29, 1.82) is 0 Å². The van der Waals surface area contributed by atoms with Crippen LogP contribution in [-0.4, -0.2) is 20.9 Å². The number of ether oxygens (including phenoxy) is 1. The minimum Gasteiger partial charge on any atom is -0.545 e. The topological polar surface area (TPSA) is 35.5 Å². The number of carbonyl (C=O) groups is 1. The third-order valence-corrected chi connectivity index (χ3v) is 4.50. The first-order valence-electron chi connectivity index (χ1n) is 9.56. The zero-order chi connectivity index (χ0) is 18.4. The van der Waals surface area contributed by atoms with Crippen LogP contribution >= 0.6 is 0 Å². The lowest BCUT2D eigenvalue weighted by atomic mass is 10.1. The van der Waals surface area contributed by atoms with Crippen molar-refractivity contribution in [1.82, 2.24) is 0 Å². The molecule has 0 unspecified atom stereocenters. The molecule has 0 aromatic heterocycles. The molecule has 0 saturated carbocycles. The van der Waals surface area contributed by atoms with Gasteiger partial charge in [0.25, 0.3) is 0 Å². The van der Waals surface area contributed by atoms with Gasteiger partial charge in [0.1, 0.15) is 5.76 Å². The predicted molar refractivity (Wildman–Crippen MR) is 101 cm³/mol. The quantitative estimate of drug-likeness (QED) is 0.117. The molecule has 0 saturated heterocycles. The highest BCUT2D eigenvalue weighted by Crippen LogP contribution is 2.22. The summed E-state index contributed by atoms with van der Waals surface area (Å²) in [6, 6.07) is 0. The fourth-order valence-corrected chi connectivity index (χ4v) is 3.41. The van der Waals surface area contributed by atoms with Gasteiger partial charge in [0.05, 0.1) is 6.61 Å². The van der Waals surface area contributed by atoms with Crippen LogP contribution in [0.5, 0.6) is 0 Å². The van der Waals surface area contributed by atoms with Gasteiger partial charge in [-0.2, -0.15) is 4.39 Å². The van der Waals surface area contributed by atoms with Crippen molar-refractivity contribution in [3.05, 3.63) is 11.6 Å². The number of hydrogen-bond donors (Lipinski definition) is 0. The highest BCUT2D eigenvalue weighted by molar-refractivity contribution is 6.70. The molecule has 5 heteroatoms. The Morgan fingerprint density at radius 2 is 1.38 bits per heavy atom. The molecule has 0 heterocycles. The minimum atomic E-state index is -1.95. The maximum absolute atomic E-state index is 14.2. The summed E-state index contributed by atoms with van der Waals surface area (Å²) in [6.45, 7) is 10.0. The van der Waals surface area contributed by atoms with Gasteiger partial charge in [0, 0.05) is 6.42 Å². The van der Waals surface area contributed by atoms with E-state index in [1.165, 1.54) is 38.5 Å². The van der Waals surface area contributed by atoms with Gasteiger partial charge >= 0.3 is 5.97 Å². The van der Waals surface area contributed by atoms with Crippen molar-refractivity contribution in [2.24, 2.45) is 0 Å². The first-order valence-corrected chi connectivity index (χ1v) is 13.0. The van der Waals surface area contributed by atoms with Crippen LogP contribution in [0.2, 0.25) is 19.6 Å². The molecule has 0 rings (SSSR count). The molecule has 0 aliphatic carbocycles. The largest absolute Gasteiger partial charge is 0.545 e. The smallest absolute Gasteiger partial charge is 0.370 e. The van der Waals surface area contributed by atoms with E-state index in [-0.39, 0.29) is 12.4 Å². The van der Waals surface area contributed by atoms with Crippen LogP contribution in [-0.2, 0) is 14.0 Å². The maximum Gasteiger partial charge on any atom is 0.370 e. The first-order chi connectivity index (χ1) is 11.3. The Morgan fingerprint density at radius 1 is 0.875 bits per heavy atom. The lowest BCUT2D eigenvalue weighted by molar-refractivity contribution is -0.140. The molecular weight excluding hydrogens is 323 g/mol. The number of carbonyl (C=O) groups excluding carboxylic acids is 1. The summed E-state index contributed by atoms with van der Waals surface area (Å²) >= 11 is 0. The van der Waals surface area contributed by atoms with Gasteiger partial charge in [-0.05, 0) is 33.0 Å². The Hall–Kier alpha value is -0.843. The van der Waals surface area contributed by atoms with E-state index in [1.807, 2.05) is 19.6 Å². The summed E-state index contributed by atoms with van der Waals surface area (Å²) in [5.41, 5.74) is 0. The van der Waals surface area contributed by atoms with Crippen molar-refractivity contribution in [2.75, 3.05) is 6.61 Å². The maximum atomic E-state index is 14.2. The molecule has 0 spiro atoms. The third kappa shape index (κ3) is 12.6. The SMILES string of the molecule is CCCCCCCCCCC/C(O[Si](C)(C)C)=C(\F)C(=O)OCC. The number of halogens is 1. The van der Waals surface area contributed by atoms with E-state index in [0.717, 1.165) is 19.3 Å². The Morgan fingerprint density at radius 3 is 1.83 bits per heavy atom. The van der Waals surface area contributed by atoms with Crippen molar-refractivity contribution >= 4 is 14.3 Å². The van der Waals surface area contributed by atoms with E-state index < -0.39 is 20.1 Å². The summed E-state index contributed by atoms with van der Waals surface area (Å²) in [5.74, 6) is -1.56. The fourth-order valence-electron chi connectivity index (χ4n) is 2.48. The highest BCUT2D eigenvalue weighted by atomic mass is 28.4. The van der Waals surface area contributed by atoms with Gasteiger partial charge in [0.15, 0.2) is 0 Å². The molecule has 0 fully saturated rings. The van der Waals surface area contributed by atoms with Crippen LogP contribution in [0.3, 0.4) is 0 Å². The Balaban J connectivity index is 4.24. The van der Waals surface area contributed by atoms with Gasteiger partial charge < -0.3 is 9.16 Å². The van der Waals surface area contributed by atoms with Crippen LogP contribution in [0.1, 0.15) is 78.1 Å². The fraction of sp³-hybridized carbons (Fsp3) is 0.842. The number of esters is 1. The van der Waals surface area contributed by atoms with E-state index in [2.05, 4.69) is 6.92 Å². The van der Waals surface area contributed by atoms with Crippen LogP contribution in [0, 0.1) is 0 Å². The number of unbranched alkanes of at least 4 members (excludes halogenated alkanes) is 8. The summed E-state index contributed by atoms with van der Waals surface area (Å²) in [7, 11) is -1.95. The first kappa shape index (κ1) is 23.2. The Labute approximate surface area is 149 Å².